The molecular weight excluding hydrogens is 356 g/mol. The molecule has 0 fully saturated rings. The number of hydrogen-bond acceptors (Lipinski definition) is 6. The standard InChI is InChI=1S/C21H18N4O3/c26-21(25-9-3-5-14-4-1-2-6-17(14)25)16-11-23-20(12-22-16)24-15-7-8-18-19(10-15)28-13-27-18/h1-2,4,6-8,10-12H,3,5,9,13H2,(H,23,24). The second-order valence-corrected chi connectivity index (χ2v) is 6.67. The molecule has 5 rings (SSSR count). The number of carbonyl (C=O) groups excluding carboxylic acids is 1. The molecule has 1 N–H and O–H groups in total. The van der Waals surface area contributed by atoms with E-state index in [1.54, 1.807) is 11.1 Å². The van der Waals surface area contributed by atoms with Crippen LogP contribution in [0.4, 0.5) is 17.2 Å². The van der Waals surface area contributed by atoms with Crippen LogP contribution in [0.3, 0.4) is 0 Å². The average Bonchev–Trinajstić information content (AvgIpc) is 3.21. The van der Waals surface area contributed by atoms with Gasteiger partial charge in [0.2, 0.25) is 6.79 Å². The average molecular weight is 374 g/mol. The summed E-state index contributed by atoms with van der Waals surface area (Å²) in [4.78, 5) is 23.4. The van der Waals surface area contributed by atoms with Crippen molar-refractivity contribution in [3.63, 3.8) is 0 Å². The van der Waals surface area contributed by atoms with E-state index in [1.807, 2.05) is 36.4 Å². The van der Waals surface area contributed by atoms with Crippen LogP contribution < -0.4 is 19.7 Å². The van der Waals surface area contributed by atoms with Gasteiger partial charge in [-0.15, -0.1) is 0 Å². The van der Waals surface area contributed by atoms with Gasteiger partial charge in [0.1, 0.15) is 11.5 Å². The van der Waals surface area contributed by atoms with E-state index in [0.717, 1.165) is 30.0 Å². The molecule has 0 saturated carbocycles. The maximum Gasteiger partial charge on any atom is 0.278 e. The van der Waals surface area contributed by atoms with Gasteiger partial charge in [-0.3, -0.25) is 4.79 Å². The van der Waals surface area contributed by atoms with Gasteiger partial charge >= 0.3 is 0 Å². The van der Waals surface area contributed by atoms with Gasteiger partial charge in [0.05, 0.1) is 12.4 Å². The topological polar surface area (TPSA) is 76.6 Å². The Hall–Kier alpha value is -3.61. The van der Waals surface area contributed by atoms with E-state index in [0.29, 0.717) is 23.8 Å². The molecule has 2 aromatic carbocycles. The molecule has 7 heteroatoms. The van der Waals surface area contributed by atoms with E-state index in [9.17, 15) is 4.79 Å². The molecule has 0 bridgehead atoms. The summed E-state index contributed by atoms with van der Waals surface area (Å²) in [5.74, 6) is 1.83. The van der Waals surface area contributed by atoms with E-state index < -0.39 is 0 Å². The van der Waals surface area contributed by atoms with Gasteiger partial charge in [0.25, 0.3) is 5.91 Å². The lowest BCUT2D eigenvalue weighted by molar-refractivity contribution is 0.0980. The number of fused-ring (bicyclic) bond motifs is 2. The largest absolute Gasteiger partial charge is 0.454 e. The van der Waals surface area contributed by atoms with Crippen LogP contribution in [0.15, 0.2) is 54.9 Å². The highest BCUT2D eigenvalue weighted by Gasteiger charge is 2.24. The molecule has 1 amide bonds. The minimum atomic E-state index is -0.130. The summed E-state index contributed by atoms with van der Waals surface area (Å²) in [5, 5.41) is 3.16. The van der Waals surface area contributed by atoms with Crippen LogP contribution in [-0.2, 0) is 6.42 Å². The molecule has 0 aliphatic carbocycles. The second kappa shape index (κ2) is 6.84. The van der Waals surface area contributed by atoms with Crippen LogP contribution >= 0.6 is 0 Å². The highest BCUT2D eigenvalue weighted by atomic mass is 16.7. The van der Waals surface area contributed by atoms with Crippen molar-refractivity contribution in [3.8, 4) is 11.5 Å². The van der Waals surface area contributed by atoms with Crippen molar-refractivity contribution in [2.45, 2.75) is 12.8 Å². The first-order valence-corrected chi connectivity index (χ1v) is 9.16. The van der Waals surface area contributed by atoms with Crippen molar-refractivity contribution in [2.75, 3.05) is 23.6 Å². The van der Waals surface area contributed by atoms with Gasteiger partial charge in [-0.25, -0.2) is 9.97 Å². The first kappa shape index (κ1) is 16.6. The summed E-state index contributed by atoms with van der Waals surface area (Å²) in [6, 6.07) is 13.6. The van der Waals surface area contributed by atoms with Crippen molar-refractivity contribution >= 4 is 23.1 Å². The molecule has 2 aliphatic heterocycles. The maximum absolute atomic E-state index is 12.9. The summed E-state index contributed by atoms with van der Waals surface area (Å²) in [6.07, 6.45) is 5.01. The van der Waals surface area contributed by atoms with Crippen LogP contribution in [0.2, 0.25) is 0 Å². The van der Waals surface area contributed by atoms with Crippen LogP contribution in [0.25, 0.3) is 0 Å². The van der Waals surface area contributed by atoms with E-state index in [2.05, 4.69) is 21.4 Å². The number of anilines is 3. The molecule has 2 aliphatic rings. The fourth-order valence-electron chi connectivity index (χ4n) is 3.51. The number of amides is 1. The van der Waals surface area contributed by atoms with E-state index >= 15 is 0 Å². The molecule has 0 atom stereocenters. The number of para-hydroxylation sites is 1. The van der Waals surface area contributed by atoms with Gasteiger partial charge in [0.15, 0.2) is 11.5 Å². The first-order chi connectivity index (χ1) is 13.8. The van der Waals surface area contributed by atoms with E-state index in [4.69, 9.17) is 9.47 Å². The molecule has 0 radical (unpaired) electrons. The minimum Gasteiger partial charge on any atom is -0.454 e. The molecule has 140 valence electrons. The Balaban J connectivity index is 1.33. The molecule has 7 nitrogen and oxygen atoms in total. The Kier molecular flexibility index (Phi) is 4.05. The summed E-state index contributed by atoms with van der Waals surface area (Å²) in [7, 11) is 0. The predicted octanol–water partition coefficient (Wildman–Crippen LogP) is 3.54. The molecule has 3 heterocycles. The highest BCUT2D eigenvalue weighted by Crippen LogP contribution is 2.35. The smallest absolute Gasteiger partial charge is 0.278 e. The molecule has 0 saturated heterocycles. The van der Waals surface area contributed by atoms with Crippen LogP contribution in [0.5, 0.6) is 11.5 Å². The second-order valence-electron chi connectivity index (χ2n) is 6.67. The third kappa shape index (κ3) is 3.00. The van der Waals surface area contributed by atoms with Crippen molar-refractivity contribution in [3.05, 3.63) is 66.1 Å². The van der Waals surface area contributed by atoms with Crippen LogP contribution in [0, 0.1) is 0 Å². The van der Waals surface area contributed by atoms with Gasteiger partial charge in [-0.2, -0.15) is 0 Å². The maximum atomic E-state index is 12.9. The fourth-order valence-corrected chi connectivity index (χ4v) is 3.51. The normalized spacial score (nSPS) is 14.5. The molecule has 28 heavy (non-hydrogen) atoms. The first-order valence-electron chi connectivity index (χ1n) is 9.16. The third-order valence-corrected chi connectivity index (χ3v) is 4.87. The van der Waals surface area contributed by atoms with Crippen molar-refractivity contribution in [1.82, 2.24) is 9.97 Å². The lowest BCUT2D eigenvalue weighted by Crippen LogP contribution is -2.36. The predicted molar refractivity (Wildman–Crippen MR) is 104 cm³/mol. The molecule has 1 aromatic heterocycles. The van der Waals surface area contributed by atoms with Crippen molar-refractivity contribution in [1.29, 1.82) is 0 Å². The lowest BCUT2D eigenvalue weighted by atomic mass is 10.0. The van der Waals surface area contributed by atoms with Crippen molar-refractivity contribution < 1.29 is 14.3 Å². The number of hydrogen-bond donors (Lipinski definition) is 1. The van der Waals surface area contributed by atoms with Gasteiger partial charge in [0, 0.05) is 24.0 Å². The number of carbonyl (C=O) groups is 1. The van der Waals surface area contributed by atoms with Crippen molar-refractivity contribution in [2.24, 2.45) is 0 Å². The summed E-state index contributed by atoms with van der Waals surface area (Å²) >= 11 is 0. The Morgan fingerprint density at radius 3 is 2.82 bits per heavy atom. The van der Waals surface area contributed by atoms with Gasteiger partial charge in [-0.1, -0.05) is 18.2 Å². The van der Waals surface area contributed by atoms with Crippen LogP contribution in [0.1, 0.15) is 22.5 Å². The number of rotatable bonds is 3. The quantitative estimate of drug-likeness (QED) is 0.756. The van der Waals surface area contributed by atoms with E-state index in [-0.39, 0.29) is 12.7 Å². The summed E-state index contributed by atoms with van der Waals surface area (Å²) in [6.45, 7) is 0.920. The fraction of sp³-hybridized carbons (Fsp3) is 0.190. The zero-order valence-electron chi connectivity index (χ0n) is 15.1. The zero-order valence-corrected chi connectivity index (χ0v) is 15.1. The number of aromatic nitrogens is 2. The van der Waals surface area contributed by atoms with Crippen LogP contribution in [-0.4, -0.2) is 29.2 Å². The number of ether oxygens (including phenoxy) is 2. The highest BCUT2D eigenvalue weighted by molar-refractivity contribution is 6.05. The SMILES string of the molecule is O=C(c1cnc(Nc2ccc3c(c2)OCO3)cn1)N1CCCc2ccccc21. The zero-order chi connectivity index (χ0) is 18.9. The van der Waals surface area contributed by atoms with Gasteiger partial charge < -0.3 is 19.7 Å². The summed E-state index contributed by atoms with van der Waals surface area (Å²) < 4.78 is 10.7. The Morgan fingerprint density at radius 1 is 1.04 bits per heavy atom. The van der Waals surface area contributed by atoms with Gasteiger partial charge in [-0.05, 0) is 36.6 Å². The molecule has 3 aromatic rings. The van der Waals surface area contributed by atoms with E-state index in [1.165, 1.54) is 11.8 Å². The monoisotopic (exact) mass is 374 g/mol. The number of nitrogens with one attached hydrogen (secondary N) is 1. The molecule has 0 unspecified atom stereocenters. The Morgan fingerprint density at radius 2 is 1.93 bits per heavy atom. The Labute approximate surface area is 161 Å². The molecule has 0 spiro atoms. The number of aryl methyl sites for hydroxylation is 1. The number of nitrogens with zero attached hydrogens (tertiary/aromatic N) is 3. The number of benzene rings is 2. The minimum absolute atomic E-state index is 0.130. The summed E-state index contributed by atoms with van der Waals surface area (Å²) in [5.41, 5.74) is 3.29. The Bertz CT molecular complexity index is 1040. The third-order valence-electron chi connectivity index (χ3n) is 4.87. The molecular formula is C21H18N4O3. The lowest BCUT2D eigenvalue weighted by Gasteiger charge is -2.29.